The quantitative estimate of drug-likeness (QED) is 0.330. The molecule has 0 aromatic rings. The van der Waals surface area contributed by atoms with Gasteiger partial charge in [-0.1, -0.05) is 13.8 Å². The molecule has 28 heavy (non-hydrogen) atoms. The smallest absolute Gasteiger partial charge is 0.217 e. The van der Waals surface area contributed by atoms with Crippen LogP contribution in [-0.4, -0.2) is 66.5 Å². The average molecular weight is 508 g/mol. The second-order valence-corrected chi connectivity index (χ2v) is 9.46. The first-order chi connectivity index (χ1) is 12.7. The van der Waals surface area contributed by atoms with Gasteiger partial charge >= 0.3 is 0 Å². The number of hydrogen-bond donors (Lipinski definition) is 2. The number of carbonyl (C=O) groups excluding carboxylic acids is 1. The number of rotatable bonds is 6. The molecule has 2 saturated heterocycles. The Morgan fingerprint density at radius 3 is 2.43 bits per heavy atom. The molecule has 7 heteroatoms. The van der Waals surface area contributed by atoms with Crippen LogP contribution in [0.4, 0.5) is 0 Å². The number of carbonyl (C=O) groups is 1. The van der Waals surface area contributed by atoms with Crippen molar-refractivity contribution in [3.63, 3.8) is 0 Å². The van der Waals surface area contributed by atoms with Crippen molar-refractivity contribution in [3.8, 4) is 0 Å². The highest BCUT2D eigenvalue weighted by atomic mass is 127. The number of guanidine groups is 1. The molecular weight excluding hydrogens is 465 g/mol. The van der Waals surface area contributed by atoms with Crippen molar-refractivity contribution >= 4 is 35.8 Å². The Bertz CT molecular complexity index is 515. The van der Waals surface area contributed by atoms with E-state index in [2.05, 4.69) is 49.7 Å². The lowest BCUT2D eigenvalue weighted by Crippen LogP contribution is -2.53. The number of likely N-dealkylation sites (tertiary alicyclic amines) is 2. The molecule has 1 amide bonds. The molecule has 0 aromatic carbocycles. The average Bonchev–Trinajstić information content (AvgIpc) is 2.57. The molecule has 6 nitrogen and oxygen atoms in total. The number of hydrogen-bond acceptors (Lipinski definition) is 3. The van der Waals surface area contributed by atoms with Crippen LogP contribution >= 0.6 is 24.0 Å². The molecule has 3 N–H and O–H groups in total. The number of aliphatic imine (C=N–C) groups is 1. The summed E-state index contributed by atoms with van der Waals surface area (Å²) in [6.45, 7) is 17.3. The molecule has 0 radical (unpaired) electrons. The van der Waals surface area contributed by atoms with Crippen LogP contribution in [0.1, 0.15) is 60.3 Å². The van der Waals surface area contributed by atoms with Crippen LogP contribution in [0, 0.1) is 17.8 Å². The molecule has 164 valence electrons. The lowest BCUT2D eigenvalue weighted by molar-refractivity contribution is -0.119. The summed E-state index contributed by atoms with van der Waals surface area (Å²) >= 11 is 0. The SMILES string of the molecule is CCNC(=NCC(C)(C)N1CC(C)CC(C)C1)N1CCCC(CC(N)=O)C1.I. The van der Waals surface area contributed by atoms with E-state index in [1.807, 2.05) is 0 Å². The minimum absolute atomic E-state index is 0. The molecule has 0 aromatic heterocycles. The van der Waals surface area contributed by atoms with Gasteiger partial charge in [-0.05, 0) is 57.8 Å². The second-order valence-electron chi connectivity index (χ2n) is 9.46. The molecule has 3 atom stereocenters. The highest BCUT2D eigenvalue weighted by molar-refractivity contribution is 14.0. The van der Waals surface area contributed by atoms with Gasteiger partial charge in [0.1, 0.15) is 0 Å². The van der Waals surface area contributed by atoms with Crippen LogP contribution in [0.25, 0.3) is 0 Å². The minimum atomic E-state index is -0.196. The van der Waals surface area contributed by atoms with E-state index in [-0.39, 0.29) is 35.4 Å². The van der Waals surface area contributed by atoms with Gasteiger partial charge < -0.3 is 16.0 Å². The van der Waals surface area contributed by atoms with Crippen LogP contribution in [0.5, 0.6) is 0 Å². The standard InChI is InChI=1S/C21H41N5O.HI/c1-6-23-20(25-9-7-8-18(14-25)11-19(22)27)24-15-21(4,5)26-12-16(2)10-17(3)13-26;/h16-18H,6-15H2,1-5H3,(H2,22,27)(H,23,24);1H. The van der Waals surface area contributed by atoms with Gasteiger partial charge in [0.2, 0.25) is 5.91 Å². The molecule has 2 aliphatic heterocycles. The van der Waals surface area contributed by atoms with Crippen molar-refractivity contribution in [2.75, 3.05) is 39.3 Å². The normalized spacial score (nSPS) is 27.2. The van der Waals surface area contributed by atoms with Gasteiger partial charge in [-0.25, -0.2) is 0 Å². The number of nitrogens with two attached hydrogens (primary N) is 1. The fraction of sp³-hybridized carbons (Fsp3) is 0.905. The predicted molar refractivity (Wildman–Crippen MR) is 128 cm³/mol. The van der Waals surface area contributed by atoms with Crippen molar-refractivity contribution in [2.45, 2.75) is 65.8 Å². The third-order valence-electron chi connectivity index (χ3n) is 5.98. The lowest BCUT2D eigenvalue weighted by Gasteiger charge is -2.44. The van der Waals surface area contributed by atoms with Gasteiger partial charge in [0.15, 0.2) is 5.96 Å². The van der Waals surface area contributed by atoms with E-state index >= 15 is 0 Å². The highest BCUT2D eigenvalue weighted by Crippen LogP contribution is 2.27. The summed E-state index contributed by atoms with van der Waals surface area (Å²) in [5, 5.41) is 3.46. The number of nitrogens with zero attached hydrogens (tertiary/aromatic N) is 3. The summed E-state index contributed by atoms with van der Waals surface area (Å²) in [7, 11) is 0. The Morgan fingerprint density at radius 1 is 1.21 bits per heavy atom. The van der Waals surface area contributed by atoms with Crippen LogP contribution < -0.4 is 11.1 Å². The van der Waals surface area contributed by atoms with E-state index in [9.17, 15) is 4.79 Å². The van der Waals surface area contributed by atoms with Crippen molar-refractivity contribution < 1.29 is 4.79 Å². The van der Waals surface area contributed by atoms with Crippen molar-refractivity contribution in [1.82, 2.24) is 15.1 Å². The largest absolute Gasteiger partial charge is 0.370 e. The Balaban J connectivity index is 0.00000392. The van der Waals surface area contributed by atoms with Crippen LogP contribution in [0.2, 0.25) is 0 Å². The summed E-state index contributed by atoms with van der Waals surface area (Å²) in [5.74, 6) is 2.64. The Morgan fingerprint density at radius 2 is 1.86 bits per heavy atom. The zero-order chi connectivity index (χ0) is 20.0. The highest BCUT2D eigenvalue weighted by Gasteiger charge is 2.33. The Kier molecular flexibility index (Phi) is 10.5. The van der Waals surface area contributed by atoms with Gasteiger partial charge in [0, 0.05) is 44.7 Å². The maximum atomic E-state index is 11.3. The minimum Gasteiger partial charge on any atom is -0.370 e. The zero-order valence-corrected chi connectivity index (χ0v) is 20.9. The van der Waals surface area contributed by atoms with Gasteiger partial charge in [0.05, 0.1) is 6.54 Å². The van der Waals surface area contributed by atoms with Gasteiger partial charge in [-0.3, -0.25) is 14.7 Å². The predicted octanol–water partition coefficient (Wildman–Crippen LogP) is 2.91. The van der Waals surface area contributed by atoms with Gasteiger partial charge in [0.25, 0.3) is 0 Å². The molecular formula is C21H42IN5O. The zero-order valence-electron chi connectivity index (χ0n) is 18.5. The van der Waals surface area contributed by atoms with Crippen molar-refractivity contribution in [2.24, 2.45) is 28.5 Å². The molecule has 0 saturated carbocycles. The van der Waals surface area contributed by atoms with Crippen LogP contribution in [0.15, 0.2) is 4.99 Å². The topological polar surface area (TPSA) is 74.0 Å². The molecule has 2 heterocycles. The summed E-state index contributed by atoms with van der Waals surface area (Å²) < 4.78 is 0. The monoisotopic (exact) mass is 507 g/mol. The van der Waals surface area contributed by atoms with E-state index in [1.54, 1.807) is 0 Å². The Labute approximate surface area is 189 Å². The van der Waals surface area contributed by atoms with E-state index in [4.69, 9.17) is 10.7 Å². The van der Waals surface area contributed by atoms with E-state index in [1.165, 1.54) is 6.42 Å². The second kappa shape index (κ2) is 11.6. The summed E-state index contributed by atoms with van der Waals surface area (Å²) in [5.41, 5.74) is 5.46. The van der Waals surface area contributed by atoms with Crippen LogP contribution in [0.3, 0.4) is 0 Å². The summed E-state index contributed by atoms with van der Waals surface area (Å²) in [6.07, 6.45) is 3.97. The third-order valence-corrected chi connectivity index (χ3v) is 5.98. The first-order valence-corrected chi connectivity index (χ1v) is 10.8. The van der Waals surface area contributed by atoms with Crippen molar-refractivity contribution in [1.29, 1.82) is 0 Å². The maximum Gasteiger partial charge on any atom is 0.217 e. The number of nitrogens with one attached hydrogen (secondary N) is 1. The first-order valence-electron chi connectivity index (χ1n) is 10.8. The fourth-order valence-corrected chi connectivity index (χ4v) is 4.66. The van der Waals surface area contributed by atoms with Crippen LogP contribution in [-0.2, 0) is 4.79 Å². The van der Waals surface area contributed by atoms with Gasteiger partial charge in [-0.2, -0.15) is 0 Å². The number of amides is 1. The molecule has 0 spiro atoms. The summed E-state index contributed by atoms with van der Waals surface area (Å²) in [6, 6.07) is 0. The summed E-state index contributed by atoms with van der Waals surface area (Å²) in [4.78, 5) is 21.3. The van der Waals surface area contributed by atoms with E-state index in [0.717, 1.165) is 69.9 Å². The molecule has 3 unspecified atom stereocenters. The van der Waals surface area contributed by atoms with Gasteiger partial charge in [-0.15, -0.1) is 24.0 Å². The number of primary amides is 1. The van der Waals surface area contributed by atoms with E-state index in [0.29, 0.717) is 12.3 Å². The molecule has 0 bridgehead atoms. The fourth-order valence-electron chi connectivity index (χ4n) is 4.66. The molecule has 2 rings (SSSR count). The van der Waals surface area contributed by atoms with Crippen molar-refractivity contribution in [3.05, 3.63) is 0 Å². The number of piperidine rings is 2. The maximum absolute atomic E-state index is 11.3. The van der Waals surface area contributed by atoms with E-state index < -0.39 is 0 Å². The first kappa shape index (κ1) is 25.5. The molecule has 0 aliphatic carbocycles. The Hall–Kier alpha value is -0.570. The lowest BCUT2D eigenvalue weighted by atomic mass is 9.88. The molecule has 2 aliphatic rings. The number of halogens is 1. The third kappa shape index (κ3) is 7.69. The molecule has 2 fully saturated rings.